The first-order chi connectivity index (χ1) is 47.2. The van der Waals surface area contributed by atoms with Gasteiger partial charge in [0.15, 0.2) is 6.10 Å². The normalized spacial score (nSPS) is 14.5. The molecule has 5 atom stereocenters. The summed E-state index contributed by atoms with van der Waals surface area (Å²) in [4.78, 5) is 58.4. The molecule has 0 bridgehead atoms. The summed E-state index contributed by atoms with van der Waals surface area (Å²) in [5, 5.41) is 20.6. The van der Waals surface area contributed by atoms with Crippen LogP contribution in [0.2, 0.25) is 0 Å². The van der Waals surface area contributed by atoms with Crippen molar-refractivity contribution in [2.24, 2.45) is 0 Å². The second-order valence-corrected chi connectivity index (χ2v) is 29.0. The molecule has 0 saturated carbocycles. The lowest BCUT2D eigenvalue weighted by Crippen LogP contribution is -2.30. The molecule has 0 spiro atoms. The highest BCUT2D eigenvalue weighted by molar-refractivity contribution is 7.47. The van der Waals surface area contributed by atoms with Gasteiger partial charge in [0.05, 0.1) is 26.4 Å². The lowest BCUT2D eigenvalue weighted by atomic mass is 10.0. The molecule has 16 nitrogen and oxygen atoms in total. The van der Waals surface area contributed by atoms with Crippen molar-refractivity contribution in [2.45, 2.75) is 360 Å². The van der Waals surface area contributed by atoms with E-state index in [4.69, 9.17) is 32.3 Å². The van der Waals surface area contributed by atoms with E-state index in [1.807, 2.05) is 0 Å². The second-order valence-electron chi connectivity index (χ2n) is 26.1. The first kappa shape index (κ1) is 93.7. The smallest absolute Gasteiger partial charge is 0.463 e. The van der Waals surface area contributed by atoms with Crippen LogP contribution in [0.15, 0.2) is 85.1 Å². The molecule has 0 radical (unpaired) electrons. The topological polar surface area (TPSA) is 231 Å². The number of carbonyl (C=O) groups is 3. The van der Waals surface area contributed by atoms with Crippen molar-refractivity contribution < 1.29 is 75.8 Å². The fraction of sp³-hybridized carbons (Fsp3) is 0.785. The molecule has 0 heterocycles. The quantitative estimate of drug-likeness (QED) is 0.0146. The number of carbonyl (C=O) groups excluding carboxylic acids is 3. The van der Waals surface area contributed by atoms with Crippen LogP contribution in [-0.4, -0.2) is 95.9 Å². The minimum atomic E-state index is -4.92. The molecule has 97 heavy (non-hydrogen) atoms. The summed E-state index contributed by atoms with van der Waals surface area (Å²) in [6.45, 7) is 2.57. The van der Waals surface area contributed by atoms with Gasteiger partial charge in [-0.05, 0) is 96.3 Å². The van der Waals surface area contributed by atoms with Crippen molar-refractivity contribution in [2.75, 3.05) is 39.6 Å². The molecule has 0 aromatic carbocycles. The van der Waals surface area contributed by atoms with Crippen LogP contribution in [0.5, 0.6) is 0 Å². The molecule has 564 valence electrons. The molecule has 0 aromatic rings. The van der Waals surface area contributed by atoms with Gasteiger partial charge >= 0.3 is 33.6 Å². The number of hydrogen-bond donors (Lipinski definition) is 4. The minimum absolute atomic E-state index is 0.109. The van der Waals surface area contributed by atoms with Crippen molar-refractivity contribution in [3.05, 3.63) is 85.1 Å². The zero-order chi connectivity index (χ0) is 70.9. The van der Waals surface area contributed by atoms with E-state index in [2.05, 4.69) is 106 Å². The maximum Gasteiger partial charge on any atom is 0.472 e. The van der Waals surface area contributed by atoms with Gasteiger partial charge in [-0.15, -0.1) is 0 Å². The Morgan fingerprint density at radius 3 is 0.876 bits per heavy atom. The number of phosphoric ester groups is 2. The predicted octanol–water partition coefficient (Wildman–Crippen LogP) is 22.4. The molecule has 0 fully saturated rings. The van der Waals surface area contributed by atoms with E-state index in [9.17, 15) is 43.5 Å². The maximum absolute atomic E-state index is 12.9. The van der Waals surface area contributed by atoms with Gasteiger partial charge in [-0.25, -0.2) is 9.13 Å². The highest BCUT2D eigenvalue weighted by atomic mass is 31.2. The standard InChI is InChI=1S/C79H142O16P2/c1-4-7-10-13-16-19-22-24-26-27-28-29-30-31-32-33-34-35-36-37-38-39-40-41-42-43-44-45-47-49-51-53-56-59-62-65-77(82)89-68-74(80)69-91-96(85,86)92-70-75(81)71-93-97(87,88)94-73-76(95-79(84)67-64-61-58-55-50-21-18-15-12-9-6-3)72-90-78(83)66-63-60-57-54-52-48-46-25-23-20-17-14-11-8-5-2/h7,10,16,19,24-26,28-29,31-32,34-35,46,74-76,80-81H,4-6,8-9,11-15,17-18,20-23,27,30,33,36-45,47-73H2,1-3H3,(H,85,86)(H,87,88)/b10-7-,19-16-,26-24-,29-28-,32-31-,35-34-,46-25-. The number of hydrogen-bond acceptors (Lipinski definition) is 14. The van der Waals surface area contributed by atoms with Gasteiger partial charge in [0.25, 0.3) is 0 Å². The van der Waals surface area contributed by atoms with Crippen LogP contribution in [0.4, 0.5) is 0 Å². The van der Waals surface area contributed by atoms with Crippen LogP contribution in [-0.2, 0) is 55.8 Å². The van der Waals surface area contributed by atoms with Gasteiger partial charge in [0.2, 0.25) is 0 Å². The fourth-order valence-corrected chi connectivity index (χ4v) is 12.3. The number of rotatable bonds is 74. The highest BCUT2D eigenvalue weighted by Crippen LogP contribution is 2.45. The molecule has 0 amide bonds. The molecular weight excluding hydrogens is 1270 g/mol. The zero-order valence-corrected chi connectivity index (χ0v) is 63.3. The van der Waals surface area contributed by atoms with E-state index in [1.165, 1.54) is 161 Å². The minimum Gasteiger partial charge on any atom is -0.463 e. The largest absolute Gasteiger partial charge is 0.472 e. The lowest BCUT2D eigenvalue weighted by molar-refractivity contribution is -0.161. The first-order valence-electron chi connectivity index (χ1n) is 38.9. The van der Waals surface area contributed by atoms with Crippen LogP contribution in [0.25, 0.3) is 0 Å². The maximum atomic E-state index is 12.9. The zero-order valence-electron chi connectivity index (χ0n) is 61.5. The van der Waals surface area contributed by atoms with Crippen molar-refractivity contribution >= 4 is 33.6 Å². The Bertz CT molecular complexity index is 2110. The van der Waals surface area contributed by atoms with Gasteiger partial charge in [0, 0.05) is 19.3 Å². The van der Waals surface area contributed by atoms with E-state index in [1.54, 1.807) is 0 Å². The van der Waals surface area contributed by atoms with Gasteiger partial charge < -0.3 is 34.2 Å². The Hall–Kier alpha value is -3.27. The molecular formula is C79H142O16P2. The van der Waals surface area contributed by atoms with E-state index in [-0.39, 0.29) is 19.3 Å². The van der Waals surface area contributed by atoms with Gasteiger partial charge in [0.1, 0.15) is 25.4 Å². The first-order valence-corrected chi connectivity index (χ1v) is 41.9. The number of aliphatic hydroxyl groups excluding tert-OH is 2. The van der Waals surface area contributed by atoms with Crippen LogP contribution in [0.3, 0.4) is 0 Å². The number of phosphoric acid groups is 2. The third-order valence-electron chi connectivity index (χ3n) is 16.6. The summed E-state index contributed by atoms with van der Waals surface area (Å²) < 4.78 is 60.9. The number of aliphatic hydroxyl groups is 2. The fourth-order valence-electron chi connectivity index (χ4n) is 10.7. The number of esters is 3. The summed E-state index contributed by atoms with van der Waals surface area (Å²) in [5.74, 6) is -1.57. The summed E-state index contributed by atoms with van der Waals surface area (Å²) >= 11 is 0. The number of ether oxygens (including phenoxy) is 3. The van der Waals surface area contributed by atoms with Gasteiger partial charge in [-0.2, -0.15) is 0 Å². The third kappa shape index (κ3) is 73.8. The Morgan fingerprint density at radius 1 is 0.299 bits per heavy atom. The van der Waals surface area contributed by atoms with Crippen LogP contribution >= 0.6 is 15.6 Å². The van der Waals surface area contributed by atoms with Crippen LogP contribution < -0.4 is 0 Å². The summed E-state index contributed by atoms with van der Waals surface area (Å²) in [5.41, 5.74) is 0. The Labute approximate surface area is 591 Å². The third-order valence-corrected chi connectivity index (χ3v) is 18.5. The molecule has 0 aliphatic carbocycles. The van der Waals surface area contributed by atoms with Crippen molar-refractivity contribution in [3.63, 3.8) is 0 Å². The SMILES string of the molecule is CC/C=C\C/C=C\C/C=C\C/C=C\C/C=C\C/C=C\CCCCCCCCCCCCCCCCCCC(=O)OCC(O)COP(=O)(O)OCC(O)COP(=O)(O)OCC(COC(=O)CCCCCCC/C=C\CCCCCCCC)OC(=O)CCCCCCCCCCCCC. The summed E-state index contributed by atoms with van der Waals surface area (Å²) in [6, 6.07) is 0. The highest BCUT2D eigenvalue weighted by Gasteiger charge is 2.29. The average molecular weight is 1410 g/mol. The second kappa shape index (κ2) is 72.5. The Kier molecular flexibility index (Phi) is 70.1. The number of unbranched alkanes of at least 4 members (excludes halogenated alkanes) is 37. The van der Waals surface area contributed by atoms with Crippen molar-refractivity contribution in [1.29, 1.82) is 0 Å². The predicted molar refractivity (Wildman–Crippen MR) is 399 cm³/mol. The molecule has 18 heteroatoms. The van der Waals surface area contributed by atoms with E-state index >= 15 is 0 Å². The van der Waals surface area contributed by atoms with E-state index < -0.39 is 91.5 Å². The van der Waals surface area contributed by atoms with Crippen molar-refractivity contribution in [3.8, 4) is 0 Å². The molecule has 0 rings (SSSR count). The monoisotopic (exact) mass is 1410 g/mol. The lowest BCUT2D eigenvalue weighted by Gasteiger charge is -2.21. The van der Waals surface area contributed by atoms with Gasteiger partial charge in [-0.1, -0.05) is 311 Å². The molecule has 0 aromatic heterocycles. The molecule has 0 aliphatic heterocycles. The van der Waals surface area contributed by atoms with Gasteiger partial charge in [-0.3, -0.25) is 32.5 Å². The van der Waals surface area contributed by atoms with Crippen LogP contribution in [0.1, 0.15) is 342 Å². The van der Waals surface area contributed by atoms with E-state index in [0.717, 1.165) is 122 Å². The molecule has 5 unspecified atom stereocenters. The van der Waals surface area contributed by atoms with Crippen molar-refractivity contribution in [1.82, 2.24) is 0 Å². The van der Waals surface area contributed by atoms with E-state index in [0.29, 0.717) is 19.3 Å². The molecule has 4 N–H and O–H groups in total. The molecule has 0 saturated heterocycles. The summed E-state index contributed by atoms with van der Waals surface area (Å²) in [7, 11) is -9.76. The Balaban J connectivity index is 4.28. The summed E-state index contributed by atoms with van der Waals surface area (Å²) in [6.07, 6.45) is 80.9. The average Bonchev–Trinajstić information content (AvgIpc) is 2.25. The van der Waals surface area contributed by atoms with Crippen LogP contribution in [0, 0.1) is 0 Å². The molecule has 0 aliphatic rings. The Morgan fingerprint density at radius 2 is 0.546 bits per heavy atom. The number of allylic oxidation sites excluding steroid dienone is 14.